The maximum atomic E-state index is 12.4. The van der Waals surface area contributed by atoms with Crippen molar-refractivity contribution in [3.63, 3.8) is 0 Å². The highest BCUT2D eigenvalue weighted by Crippen LogP contribution is 2.38. The first kappa shape index (κ1) is 14.5. The summed E-state index contributed by atoms with van der Waals surface area (Å²) in [4.78, 5) is 7.33. The molecule has 0 amide bonds. The van der Waals surface area contributed by atoms with Gasteiger partial charge in [-0.1, -0.05) is 5.92 Å². The Hall–Kier alpha value is -1.95. The van der Waals surface area contributed by atoms with Crippen LogP contribution in [0.4, 0.5) is 13.2 Å². The number of hydrogen-bond acceptors (Lipinski definition) is 5. The van der Waals surface area contributed by atoms with Crippen LogP contribution in [0.5, 0.6) is 0 Å². The first-order chi connectivity index (χ1) is 9.30. The normalized spacial score (nSPS) is 11.8. The largest absolute Gasteiger partial charge is 0.450 e. The van der Waals surface area contributed by atoms with E-state index in [1.165, 1.54) is 12.4 Å². The lowest BCUT2D eigenvalue weighted by Gasteiger charge is -2.21. The molecule has 0 radical (unpaired) electrons. The Labute approximate surface area is 115 Å². The van der Waals surface area contributed by atoms with Crippen molar-refractivity contribution in [1.29, 1.82) is 0 Å². The maximum absolute atomic E-state index is 12.4. The van der Waals surface area contributed by atoms with Gasteiger partial charge in [0, 0.05) is 18.0 Å². The van der Waals surface area contributed by atoms with Crippen molar-refractivity contribution in [3.8, 4) is 11.8 Å². The summed E-state index contributed by atoms with van der Waals surface area (Å²) in [6.45, 7) is 0. The van der Waals surface area contributed by atoms with E-state index in [0.717, 1.165) is 6.20 Å². The van der Waals surface area contributed by atoms with Crippen molar-refractivity contribution in [2.45, 2.75) is 12.0 Å². The average Bonchev–Trinajstić information content (AvgIpc) is 2.85. The Morgan fingerprint density at radius 1 is 1.10 bits per heavy atom. The zero-order valence-corrected chi connectivity index (χ0v) is 10.5. The summed E-state index contributed by atoms with van der Waals surface area (Å²) in [6.07, 6.45) is -1.11. The molecule has 0 saturated carbocycles. The van der Waals surface area contributed by atoms with Gasteiger partial charge in [0.1, 0.15) is 0 Å². The molecule has 2 aromatic heterocycles. The van der Waals surface area contributed by atoms with Crippen molar-refractivity contribution in [2.24, 2.45) is 0 Å². The van der Waals surface area contributed by atoms with Gasteiger partial charge < -0.3 is 10.2 Å². The van der Waals surface area contributed by atoms with E-state index in [-0.39, 0.29) is 4.88 Å². The highest BCUT2D eigenvalue weighted by atomic mass is 32.1. The number of nitrogens with zero attached hydrogens (tertiary/aromatic N) is 2. The van der Waals surface area contributed by atoms with Crippen LogP contribution in [-0.2, 0) is 5.79 Å². The van der Waals surface area contributed by atoms with Crippen LogP contribution in [0, 0.1) is 11.8 Å². The number of halogens is 3. The number of pyridine rings is 1. The van der Waals surface area contributed by atoms with Crippen molar-refractivity contribution in [1.82, 2.24) is 9.97 Å². The van der Waals surface area contributed by atoms with Gasteiger partial charge in [0.2, 0.25) is 0 Å². The smallest absolute Gasteiger partial charge is 0.353 e. The maximum Gasteiger partial charge on any atom is 0.450 e. The molecule has 0 atom stereocenters. The number of aliphatic hydroxyl groups is 2. The Morgan fingerprint density at radius 3 is 2.35 bits per heavy atom. The number of hydrogen-bond donors (Lipinski definition) is 2. The van der Waals surface area contributed by atoms with E-state index in [1.807, 2.05) is 0 Å². The van der Waals surface area contributed by atoms with Gasteiger partial charge in [0.25, 0.3) is 0 Å². The van der Waals surface area contributed by atoms with Crippen LogP contribution in [0.1, 0.15) is 15.4 Å². The van der Waals surface area contributed by atoms with Gasteiger partial charge in [-0.05, 0) is 18.1 Å². The van der Waals surface area contributed by atoms with Gasteiger partial charge in [-0.2, -0.15) is 13.2 Å². The topological polar surface area (TPSA) is 66.2 Å². The van der Waals surface area contributed by atoms with Crippen molar-refractivity contribution < 1.29 is 23.4 Å². The quantitative estimate of drug-likeness (QED) is 0.620. The molecule has 0 aromatic carbocycles. The highest BCUT2D eigenvalue weighted by molar-refractivity contribution is 7.12. The van der Waals surface area contributed by atoms with Crippen LogP contribution >= 0.6 is 11.3 Å². The second-order valence-corrected chi connectivity index (χ2v) is 4.72. The number of thiazole rings is 1. The van der Waals surface area contributed by atoms with E-state index in [9.17, 15) is 13.2 Å². The Morgan fingerprint density at radius 2 is 1.75 bits per heavy atom. The lowest BCUT2D eigenvalue weighted by molar-refractivity contribution is -0.358. The third-order valence-electron chi connectivity index (χ3n) is 2.21. The molecule has 0 aliphatic heterocycles. The summed E-state index contributed by atoms with van der Waals surface area (Å²) in [5, 5.41) is 17.2. The second-order valence-electron chi connectivity index (χ2n) is 3.69. The minimum Gasteiger partial charge on any atom is -0.353 e. The van der Waals surface area contributed by atoms with E-state index < -0.39 is 17.0 Å². The Bertz CT molecular complexity index is 657. The highest BCUT2D eigenvalue weighted by Gasteiger charge is 2.56. The molecule has 0 aliphatic carbocycles. The molecule has 2 heterocycles. The molecule has 0 aliphatic rings. The van der Waals surface area contributed by atoms with Gasteiger partial charge in [0.15, 0.2) is 5.01 Å². The fraction of sp³-hybridized carbons (Fsp3) is 0.167. The first-order valence-corrected chi connectivity index (χ1v) is 6.02. The van der Waals surface area contributed by atoms with Gasteiger partial charge in [-0.25, -0.2) is 4.98 Å². The summed E-state index contributed by atoms with van der Waals surface area (Å²) < 4.78 is 37.2. The summed E-state index contributed by atoms with van der Waals surface area (Å²) in [6, 6.07) is 3.26. The molecule has 2 rings (SSSR count). The van der Waals surface area contributed by atoms with Crippen LogP contribution in [0.15, 0.2) is 30.7 Å². The van der Waals surface area contributed by atoms with Crippen LogP contribution in [-0.4, -0.2) is 26.4 Å². The third-order valence-corrected chi connectivity index (χ3v) is 3.22. The monoisotopic (exact) mass is 300 g/mol. The zero-order valence-electron chi connectivity index (χ0n) is 9.72. The van der Waals surface area contributed by atoms with Crippen LogP contribution in [0.2, 0.25) is 0 Å². The standard InChI is InChI=1S/C12H7F3N2O2S/c13-12(14,15)11(18,19)10-17-7-9(20-10)2-1-8-3-5-16-6-4-8/h3-7,18-19H. The van der Waals surface area contributed by atoms with E-state index in [1.54, 1.807) is 12.1 Å². The molecule has 2 N–H and O–H groups in total. The van der Waals surface area contributed by atoms with Crippen molar-refractivity contribution in [2.75, 3.05) is 0 Å². The molecule has 0 bridgehead atoms. The molecule has 0 unspecified atom stereocenters. The number of alkyl halides is 3. The lowest BCUT2D eigenvalue weighted by atomic mass is 10.3. The molecule has 0 saturated heterocycles. The van der Waals surface area contributed by atoms with Gasteiger partial charge in [-0.15, -0.1) is 11.3 Å². The summed E-state index contributed by atoms with van der Waals surface area (Å²) in [5.74, 6) is 1.33. The SMILES string of the molecule is OC(O)(c1ncc(C#Cc2ccncc2)s1)C(F)(F)F. The molecule has 20 heavy (non-hydrogen) atoms. The Kier molecular flexibility index (Phi) is 3.76. The Balaban J connectivity index is 2.25. The van der Waals surface area contributed by atoms with Gasteiger partial charge in [0.05, 0.1) is 11.1 Å². The minimum absolute atomic E-state index is 0.188. The van der Waals surface area contributed by atoms with Crippen LogP contribution in [0.25, 0.3) is 0 Å². The van der Waals surface area contributed by atoms with Gasteiger partial charge in [-0.3, -0.25) is 4.98 Å². The second kappa shape index (κ2) is 5.20. The average molecular weight is 300 g/mol. The molecule has 4 nitrogen and oxygen atoms in total. The molecule has 2 aromatic rings. The van der Waals surface area contributed by atoms with Crippen LogP contribution < -0.4 is 0 Å². The summed E-state index contributed by atoms with van der Waals surface area (Å²) >= 11 is 0.466. The molecule has 0 spiro atoms. The molecule has 104 valence electrons. The molecule has 0 fully saturated rings. The fourth-order valence-corrected chi connectivity index (χ4v) is 1.96. The number of rotatable bonds is 1. The fourth-order valence-electron chi connectivity index (χ4n) is 1.18. The number of aromatic nitrogens is 2. The summed E-state index contributed by atoms with van der Waals surface area (Å²) in [5.41, 5.74) is 0.630. The zero-order chi connectivity index (χ0) is 14.8. The molecule has 8 heteroatoms. The predicted molar refractivity (Wildman–Crippen MR) is 64.5 cm³/mol. The predicted octanol–water partition coefficient (Wildman–Crippen LogP) is 1.64. The van der Waals surface area contributed by atoms with E-state index in [2.05, 4.69) is 21.8 Å². The van der Waals surface area contributed by atoms with Crippen LogP contribution in [0.3, 0.4) is 0 Å². The van der Waals surface area contributed by atoms with Crippen molar-refractivity contribution >= 4 is 11.3 Å². The van der Waals surface area contributed by atoms with E-state index in [0.29, 0.717) is 16.9 Å². The lowest BCUT2D eigenvalue weighted by Crippen LogP contribution is -2.41. The molecular weight excluding hydrogens is 293 g/mol. The third kappa shape index (κ3) is 2.96. The molecular formula is C12H7F3N2O2S. The van der Waals surface area contributed by atoms with E-state index in [4.69, 9.17) is 10.2 Å². The summed E-state index contributed by atoms with van der Waals surface area (Å²) in [7, 11) is 0. The first-order valence-electron chi connectivity index (χ1n) is 5.20. The minimum atomic E-state index is -5.22. The van der Waals surface area contributed by atoms with Crippen molar-refractivity contribution in [3.05, 3.63) is 46.2 Å². The van der Waals surface area contributed by atoms with Gasteiger partial charge >= 0.3 is 12.0 Å². The van der Waals surface area contributed by atoms with E-state index >= 15 is 0 Å².